The maximum absolute atomic E-state index is 12.5. The number of hydrogen-bond acceptors (Lipinski definition) is 8. The van der Waals surface area contributed by atoms with Gasteiger partial charge in [0.25, 0.3) is 0 Å². The number of benzene rings is 1. The summed E-state index contributed by atoms with van der Waals surface area (Å²) < 4.78 is 7.47. The van der Waals surface area contributed by atoms with Crippen LogP contribution in [0.4, 0.5) is 16.6 Å². The van der Waals surface area contributed by atoms with Crippen LogP contribution in [0.2, 0.25) is 10.0 Å². The summed E-state index contributed by atoms with van der Waals surface area (Å²) in [6.45, 7) is 9.83. The van der Waals surface area contributed by atoms with Crippen LogP contribution in [0.15, 0.2) is 18.5 Å². The molecule has 5 rings (SSSR count). The van der Waals surface area contributed by atoms with Crippen LogP contribution >= 0.6 is 23.2 Å². The van der Waals surface area contributed by atoms with E-state index in [9.17, 15) is 4.79 Å². The van der Waals surface area contributed by atoms with E-state index >= 15 is 0 Å². The molecule has 4 aromatic rings. The van der Waals surface area contributed by atoms with Crippen molar-refractivity contribution in [1.29, 1.82) is 0 Å². The van der Waals surface area contributed by atoms with Gasteiger partial charge in [0.2, 0.25) is 5.95 Å². The lowest BCUT2D eigenvalue weighted by Crippen LogP contribution is -2.36. The first-order valence-corrected chi connectivity index (χ1v) is 12.9. The Morgan fingerprint density at radius 1 is 1.22 bits per heavy atom. The van der Waals surface area contributed by atoms with Crippen LogP contribution in [0.5, 0.6) is 0 Å². The van der Waals surface area contributed by atoms with Crippen LogP contribution in [-0.4, -0.2) is 65.2 Å². The van der Waals surface area contributed by atoms with Gasteiger partial charge in [0, 0.05) is 25.7 Å². The Morgan fingerprint density at radius 3 is 2.76 bits per heavy atom. The first kappa shape index (κ1) is 25.3. The van der Waals surface area contributed by atoms with Crippen LogP contribution in [0, 0.1) is 0 Å². The van der Waals surface area contributed by atoms with Crippen molar-refractivity contribution in [3.05, 3.63) is 34.3 Å². The van der Waals surface area contributed by atoms with E-state index in [1.54, 1.807) is 23.4 Å². The molecule has 1 atom stereocenters. The Kier molecular flexibility index (Phi) is 6.76. The van der Waals surface area contributed by atoms with Crippen molar-refractivity contribution in [3.63, 3.8) is 0 Å². The lowest BCUT2D eigenvalue weighted by atomic mass is 10.2. The minimum atomic E-state index is -0.533. The molecule has 196 valence electrons. The van der Waals surface area contributed by atoms with Gasteiger partial charge in [-0.3, -0.25) is 0 Å². The predicted molar refractivity (Wildman–Crippen MR) is 144 cm³/mol. The maximum Gasteiger partial charge on any atom is 0.410 e. The molecular weight excluding hydrogens is 517 g/mol. The van der Waals surface area contributed by atoms with Crippen molar-refractivity contribution in [2.45, 2.75) is 58.8 Å². The number of imidazole rings is 2. The summed E-state index contributed by atoms with van der Waals surface area (Å²) in [6, 6.07) is 3.49. The molecular formula is C24H29Cl2N9O2. The first-order valence-electron chi connectivity index (χ1n) is 12.1. The van der Waals surface area contributed by atoms with Gasteiger partial charge < -0.3 is 29.8 Å². The van der Waals surface area contributed by atoms with Crippen molar-refractivity contribution in [2.24, 2.45) is 0 Å². The summed E-state index contributed by atoms with van der Waals surface area (Å²) in [5.74, 6) is 1.75. The molecule has 0 aliphatic carbocycles. The molecule has 1 amide bonds. The maximum atomic E-state index is 12.5. The topological polar surface area (TPSA) is 126 Å². The molecule has 0 spiro atoms. The minimum Gasteiger partial charge on any atom is -0.444 e. The summed E-state index contributed by atoms with van der Waals surface area (Å²) in [5.41, 5.74) is 2.37. The van der Waals surface area contributed by atoms with Crippen molar-refractivity contribution in [2.75, 3.05) is 23.7 Å². The van der Waals surface area contributed by atoms with Crippen LogP contribution in [-0.2, 0) is 17.8 Å². The normalized spacial score (nSPS) is 16.1. The van der Waals surface area contributed by atoms with Gasteiger partial charge in [-0.15, -0.1) is 0 Å². The van der Waals surface area contributed by atoms with Gasteiger partial charge >= 0.3 is 6.09 Å². The quantitative estimate of drug-likeness (QED) is 0.306. The summed E-state index contributed by atoms with van der Waals surface area (Å²) >= 11 is 12.3. The number of hydrogen-bond donors (Lipinski definition) is 3. The molecule has 13 heteroatoms. The molecule has 1 aromatic carbocycles. The molecule has 11 nitrogen and oxygen atoms in total. The van der Waals surface area contributed by atoms with Crippen LogP contribution in [0.3, 0.4) is 0 Å². The molecule has 1 fully saturated rings. The molecule has 4 heterocycles. The molecule has 1 aliphatic heterocycles. The lowest BCUT2D eigenvalue weighted by Gasteiger charge is -2.24. The fraction of sp³-hybridized carbons (Fsp3) is 0.458. The molecule has 0 bridgehead atoms. The molecule has 1 aliphatic rings. The van der Waals surface area contributed by atoms with E-state index in [0.29, 0.717) is 65.0 Å². The van der Waals surface area contributed by atoms with Gasteiger partial charge in [-0.25, -0.2) is 14.8 Å². The summed E-state index contributed by atoms with van der Waals surface area (Å²) in [6.07, 6.45) is 2.20. The number of fused-ring (bicyclic) bond motifs is 2. The summed E-state index contributed by atoms with van der Waals surface area (Å²) in [4.78, 5) is 36.0. The Hall–Kier alpha value is -3.31. The zero-order valence-electron chi connectivity index (χ0n) is 21.1. The van der Waals surface area contributed by atoms with Crippen molar-refractivity contribution < 1.29 is 9.53 Å². The van der Waals surface area contributed by atoms with Crippen LogP contribution < -0.4 is 10.6 Å². The Morgan fingerprint density at radius 2 is 2.00 bits per heavy atom. The van der Waals surface area contributed by atoms with E-state index in [1.807, 2.05) is 32.3 Å². The number of rotatable bonds is 6. The molecule has 37 heavy (non-hydrogen) atoms. The largest absolute Gasteiger partial charge is 0.444 e. The van der Waals surface area contributed by atoms with Gasteiger partial charge in [0.05, 0.1) is 34.0 Å². The highest BCUT2D eigenvalue weighted by Gasteiger charge is 2.30. The second kappa shape index (κ2) is 9.86. The van der Waals surface area contributed by atoms with Crippen LogP contribution in [0.25, 0.3) is 22.2 Å². The Balaban J connectivity index is 1.34. The van der Waals surface area contributed by atoms with E-state index in [-0.39, 0.29) is 12.1 Å². The number of amides is 1. The Labute approximate surface area is 223 Å². The number of aromatic amines is 1. The average Bonchev–Trinajstić information content (AvgIpc) is 3.55. The number of anilines is 2. The molecule has 1 saturated heterocycles. The van der Waals surface area contributed by atoms with Gasteiger partial charge in [0.15, 0.2) is 17.0 Å². The second-order valence-corrected chi connectivity index (χ2v) is 10.8. The van der Waals surface area contributed by atoms with Gasteiger partial charge in [0.1, 0.15) is 11.4 Å². The number of H-pyrrole nitrogens is 1. The van der Waals surface area contributed by atoms with E-state index < -0.39 is 5.60 Å². The number of nitrogens with zero attached hydrogens (tertiary/aromatic N) is 6. The van der Waals surface area contributed by atoms with E-state index in [2.05, 4.69) is 25.6 Å². The number of carbonyl (C=O) groups is 1. The van der Waals surface area contributed by atoms with E-state index in [1.165, 1.54) is 0 Å². The van der Waals surface area contributed by atoms with Gasteiger partial charge in [-0.2, -0.15) is 9.97 Å². The van der Waals surface area contributed by atoms with E-state index in [4.69, 9.17) is 37.9 Å². The number of carbonyl (C=O) groups excluding carboxylic acids is 1. The highest BCUT2D eigenvalue weighted by molar-refractivity contribution is 6.42. The number of aryl methyl sites for hydroxylation is 1. The highest BCUT2D eigenvalue weighted by atomic mass is 35.5. The van der Waals surface area contributed by atoms with Crippen molar-refractivity contribution >= 4 is 63.3 Å². The average molecular weight is 546 g/mol. The molecule has 3 aromatic heterocycles. The highest BCUT2D eigenvalue weighted by Crippen LogP contribution is 2.27. The third kappa shape index (κ3) is 5.52. The zero-order chi connectivity index (χ0) is 26.3. The number of nitrogens with one attached hydrogen (secondary N) is 3. The monoisotopic (exact) mass is 545 g/mol. The van der Waals surface area contributed by atoms with Crippen LogP contribution in [0.1, 0.15) is 39.9 Å². The third-order valence-corrected chi connectivity index (χ3v) is 6.70. The van der Waals surface area contributed by atoms with Gasteiger partial charge in [-0.1, -0.05) is 23.2 Å². The second-order valence-electron chi connectivity index (χ2n) is 9.98. The minimum absolute atomic E-state index is 0.000635. The fourth-order valence-electron chi connectivity index (χ4n) is 4.23. The van der Waals surface area contributed by atoms with E-state index in [0.717, 1.165) is 17.5 Å². The number of halogens is 2. The zero-order valence-corrected chi connectivity index (χ0v) is 22.6. The summed E-state index contributed by atoms with van der Waals surface area (Å²) in [5, 5.41) is 7.65. The Bertz CT molecular complexity index is 1420. The van der Waals surface area contributed by atoms with Crippen molar-refractivity contribution in [3.8, 4) is 0 Å². The van der Waals surface area contributed by atoms with Crippen molar-refractivity contribution in [1.82, 2.24) is 34.4 Å². The fourth-order valence-corrected chi connectivity index (χ4v) is 4.55. The number of ether oxygens (including phenoxy) is 1. The van der Waals surface area contributed by atoms with Gasteiger partial charge in [-0.05, 0) is 46.2 Å². The third-order valence-electron chi connectivity index (χ3n) is 5.97. The molecule has 0 saturated carbocycles. The SMILES string of the molecule is CCn1cnc2c(NCc3nc4cc(Cl)c(Cl)cc4[nH]3)nc(N[C@H]3CCN(C(=O)OC(C)(C)C)C3)nc21. The number of likely N-dealkylation sites (tertiary alicyclic amines) is 1. The molecule has 0 radical (unpaired) electrons. The molecule has 3 N–H and O–H groups in total. The lowest BCUT2D eigenvalue weighted by molar-refractivity contribution is 0.0293. The standard InChI is InChI=1S/C24H29Cl2N9O2/c1-5-34-12-28-19-20(27-10-18-30-16-8-14(25)15(26)9-17(16)31-18)32-22(33-21(19)34)29-13-6-7-35(11-13)23(36)37-24(2,3)4/h8-9,12-13H,5-7,10-11H2,1-4H3,(H,30,31)(H2,27,29,32,33)/t13-/m0/s1. The predicted octanol–water partition coefficient (Wildman–Crippen LogP) is 5.06. The first-order chi connectivity index (χ1) is 17.6. The summed E-state index contributed by atoms with van der Waals surface area (Å²) in [7, 11) is 0. The molecule has 0 unspecified atom stereocenters. The smallest absolute Gasteiger partial charge is 0.410 e. The number of aromatic nitrogens is 6.